The van der Waals surface area contributed by atoms with Crippen LogP contribution in [0.2, 0.25) is 0 Å². The van der Waals surface area contributed by atoms with Crippen LogP contribution in [0.1, 0.15) is 34.8 Å². The Bertz CT molecular complexity index is 822. The minimum absolute atomic E-state index is 0.0412. The van der Waals surface area contributed by atoms with Gasteiger partial charge in [0.15, 0.2) is 0 Å². The molecule has 5 nitrogen and oxygen atoms in total. The van der Waals surface area contributed by atoms with Crippen LogP contribution in [0.5, 0.6) is 0 Å². The number of benzene rings is 2. The molecule has 0 saturated carbocycles. The van der Waals surface area contributed by atoms with E-state index in [1.54, 1.807) is 18.2 Å². The van der Waals surface area contributed by atoms with Crippen LogP contribution in [0.15, 0.2) is 54.6 Å². The topological polar surface area (TPSA) is 66.5 Å². The molecule has 6 heteroatoms. The van der Waals surface area contributed by atoms with E-state index in [-0.39, 0.29) is 35.4 Å². The third-order valence-corrected chi connectivity index (χ3v) is 5.32. The first-order chi connectivity index (χ1) is 13.0. The second kappa shape index (κ2) is 8.86. The van der Waals surface area contributed by atoms with Crippen molar-refractivity contribution in [3.8, 4) is 0 Å². The molecule has 1 saturated heterocycles. The van der Waals surface area contributed by atoms with E-state index in [4.69, 9.17) is 0 Å². The molecule has 1 N–H and O–H groups in total. The van der Waals surface area contributed by atoms with Gasteiger partial charge in [-0.2, -0.15) is 0 Å². The summed E-state index contributed by atoms with van der Waals surface area (Å²) in [6.07, 6.45) is 1.75. The number of thioether (sulfide) groups is 1. The van der Waals surface area contributed by atoms with E-state index in [0.717, 1.165) is 30.2 Å². The van der Waals surface area contributed by atoms with Crippen LogP contribution in [0.25, 0.3) is 0 Å². The molecule has 1 atom stereocenters. The Labute approximate surface area is 163 Å². The van der Waals surface area contributed by atoms with Gasteiger partial charge in [0.05, 0.1) is 12.3 Å². The number of hydrogen-bond acceptors (Lipinski definition) is 4. The summed E-state index contributed by atoms with van der Waals surface area (Å²) >= 11 is 1.01. The first kappa shape index (κ1) is 19.2. The maximum atomic E-state index is 12.5. The highest BCUT2D eigenvalue weighted by atomic mass is 32.2. The molecular formula is C21H22N2O3S. The van der Waals surface area contributed by atoms with Gasteiger partial charge in [-0.1, -0.05) is 54.2 Å². The van der Waals surface area contributed by atoms with Gasteiger partial charge in [0.1, 0.15) is 0 Å². The van der Waals surface area contributed by atoms with E-state index < -0.39 is 0 Å². The minimum atomic E-state index is -0.232. The number of carbonyl (C=O) groups is 3. The van der Waals surface area contributed by atoms with Gasteiger partial charge in [-0.15, -0.1) is 0 Å². The monoisotopic (exact) mass is 382 g/mol. The lowest BCUT2D eigenvalue weighted by molar-refractivity contribution is -0.125. The van der Waals surface area contributed by atoms with Crippen LogP contribution in [0.4, 0.5) is 4.79 Å². The summed E-state index contributed by atoms with van der Waals surface area (Å²) in [6.45, 7) is 2.19. The third-order valence-electron chi connectivity index (χ3n) is 4.46. The second-order valence-electron chi connectivity index (χ2n) is 6.63. The van der Waals surface area contributed by atoms with Crippen molar-refractivity contribution in [2.24, 2.45) is 0 Å². The molecule has 140 valence electrons. The normalized spacial score (nSPS) is 15.1. The lowest BCUT2D eigenvalue weighted by atomic mass is 10.1. The summed E-state index contributed by atoms with van der Waals surface area (Å²) in [7, 11) is 0. The molecule has 0 aliphatic carbocycles. The van der Waals surface area contributed by atoms with Crippen molar-refractivity contribution in [1.29, 1.82) is 0 Å². The van der Waals surface area contributed by atoms with Crippen LogP contribution in [0.3, 0.4) is 0 Å². The van der Waals surface area contributed by atoms with Gasteiger partial charge in [0, 0.05) is 11.6 Å². The molecule has 27 heavy (non-hydrogen) atoms. The molecule has 3 amide bonds. The predicted octanol–water partition coefficient (Wildman–Crippen LogP) is 3.63. The number of aryl methyl sites for hydroxylation is 1. The summed E-state index contributed by atoms with van der Waals surface area (Å²) in [6, 6.07) is 17.3. The largest absolute Gasteiger partial charge is 0.350 e. The average Bonchev–Trinajstić information content (AvgIpc) is 2.99. The number of rotatable bonds is 7. The Kier molecular flexibility index (Phi) is 6.29. The van der Waals surface area contributed by atoms with Crippen molar-refractivity contribution in [2.45, 2.75) is 32.4 Å². The van der Waals surface area contributed by atoms with E-state index in [1.165, 1.54) is 10.5 Å². The highest BCUT2D eigenvalue weighted by Gasteiger charge is 2.29. The van der Waals surface area contributed by atoms with Gasteiger partial charge in [0.2, 0.25) is 5.91 Å². The molecule has 1 aliphatic heterocycles. The molecular weight excluding hydrogens is 360 g/mol. The van der Waals surface area contributed by atoms with Crippen molar-refractivity contribution >= 4 is 28.8 Å². The lowest BCUT2D eigenvalue weighted by Crippen LogP contribution is -2.33. The maximum Gasteiger partial charge on any atom is 0.289 e. The molecule has 0 spiro atoms. The summed E-state index contributed by atoms with van der Waals surface area (Å²) in [5.74, 6) is -0.141. The van der Waals surface area contributed by atoms with Crippen molar-refractivity contribution in [1.82, 2.24) is 10.2 Å². The lowest BCUT2D eigenvalue weighted by Gasteiger charge is -2.16. The molecule has 0 aromatic heterocycles. The summed E-state index contributed by atoms with van der Waals surface area (Å²) in [5.41, 5.74) is 2.55. The van der Waals surface area contributed by atoms with Crippen molar-refractivity contribution < 1.29 is 14.4 Å². The van der Waals surface area contributed by atoms with Crippen LogP contribution >= 0.6 is 11.8 Å². The highest BCUT2D eigenvalue weighted by molar-refractivity contribution is 8.14. The zero-order valence-electron chi connectivity index (χ0n) is 15.2. The van der Waals surface area contributed by atoms with E-state index in [9.17, 15) is 14.4 Å². The molecule has 2 aromatic carbocycles. The summed E-state index contributed by atoms with van der Waals surface area (Å²) < 4.78 is 0. The van der Waals surface area contributed by atoms with Crippen LogP contribution in [0, 0.1) is 0 Å². The molecule has 1 fully saturated rings. The number of hydrogen-bond donors (Lipinski definition) is 1. The number of amides is 3. The molecule has 3 rings (SSSR count). The fourth-order valence-corrected chi connectivity index (χ4v) is 3.66. The van der Waals surface area contributed by atoms with Crippen molar-refractivity contribution in [3.63, 3.8) is 0 Å². The quantitative estimate of drug-likeness (QED) is 0.794. The Morgan fingerprint density at radius 2 is 1.85 bits per heavy atom. The van der Waals surface area contributed by atoms with Crippen LogP contribution in [-0.4, -0.2) is 33.7 Å². The van der Waals surface area contributed by atoms with E-state index in [1.807, 2.05) is 31.2 Å². The Morgan fingerprint density at radius 1 is 1.11 bits per heavy atom. The van der Waals surface area contributed by atoms with Gasteiger partial charge in [-0.05, 0) is 43.0 Å². The standard InChI is InChI=1S/C21H22N2O3S/c1-15(10-11-16-6-3-2-4-7-16)22-20(25)18-9-5-8-17(12-18)13-23-19(24)14-27-21(23)26/h2-9,12,15H,10-11,13-14H2,1H3,(H,22,25). The molecule has 2 aromatic rings. The highest BCUT2D eigenvalue weighted by Crippen LogP contribution is 2.21. The van der Waals surface area contributed by atoms with Gasteiger partial charge < -0.3 is 5.32 Å². The molecule has 1 unspecified atom stereocenters. The van der Waals surface area contributed by atoms with E-state index in [2.05, 4.69) is 17.4 Å². The van der Waals surface area contributed by atoms with Gasteiger partial charge >= 0.3 is 0 Å². The molecule has 0 radical (unpaired) electrons. The van der Waals surface area contributed by atoms with Crippen molar-refractivity contribution in [2.75, 3.05) is 5.75 Å². The smallest absolute Gasteiger partial charge is 0.289 e. The predicted molar refractivity (Wildman–Crippen MR) is 107 cm³/mol. The number of nitrogens with zero attached hydrogens (tertiary/aromatic N) is 1. The number of nitrogens with one attached hydrogen (secondary N) is 1. The third kappa shape index (κ3) is 5.20. The van der Waals surface area contributed by atoms with Crippen molar-refractivity contribution in [3.05, 3.63) is 71.3 Å². The molecule has 1 aliphatic rings. The molecule has 1 heterocycles. The Balaban J connectivity index is 1.56. The Morgan fingerprint density at radius 3 is 2.56 bits per heavy atom. The second-order valence-corrected chi connectivity index (χ2v) is 7.56. The maximum absolute atomic E-state index is 12.5. The zero-order valence-corrected chi connectivity index (χ0v) is 16.0. The van der Waals surface area contributed by atoms with Crippen LogP contribution in [-0.2, 0) is 17.8 Å². The first-order valence-corrected chi connectivity index (χ1v) is 9.92. The first-order valence-electron chi connectivity index (χ1n) is 8.94. The Hall–Kier alpha value is -2.60. The fraction of sp³-hybridized carbons (Fsp3) is 0.286. The van der Waals surface area contributed by atoms with E-state index >= 15 is 0 Å². The SMILES string of the molecule is CC(CCc1ccccc1)NC(=O)c1cccc(CN2C(=O)CSC2=O)c1. The zero-order chi connectivity index (χ0) is 19.2. The van der Waals surface area contributed by atoms with Gasteiger partial charge in [-0.25, -0.2) is 0 Å². The summed E-state index contributed by atoms with van der Waals surface area (Å²) in [4.78, 5) is 37.2. The average molecular weight is 382 g/mol. The molecule has 0 bridgehead atoms. The fourth-order valence-electron chi connectivity index (χ4n) is 2.93. The van der Waals surface area contributed by atoms with Crippen LogP contribution < -0.4 is 5.32 Å². The number of imide groups is 1. The minimum Gasteiger partial charge on any atom is -0.350 e. The number of carbonyl (C=O) groups excluding carboxylic acids is 3. The van der Waals surface area contributed by atoms with Gasteiger partial charge in [-0.3, -0.25) is 19.3 Å². The van der Waals surface area contributed by atoms with E-state index in [0.29, 0.717) is 5.56 Å². The summed E-state index contributed by atoms with van der Waals surface area (Å²) in [5, 5.41) is 2.78. The van der Waals surface area contributed by atoms with Gasteiger partial charge in [0.25, 0.3) is 11.1 Å².